The minimum absolute atomic E-state index is 0.0268. The monoisotopic (exact) mass is 282 g/mol. The van der Waals surface area contributed by atoms with Gasteiger partial charge in [0, 0.05) is 32.8 Å². The quantitative estimate of drug-likeness (QED) is 0.921. The molecule has 0 amide bonds. The highest BCUT2D eigenvalue weighted by Gasteiger charge is 2.20. The zero-order valence-corrected chi connectivity index (χ0v) is 12.5. The number of nitrogens with zero attached hydrogens (tertiary/aromatic N) is 1. The van der Waals surface area contributed by atoms with Gasteiger partial charge in [0.2, 0.25) is 0 Å². The molecule has 106 valence electrons. The third-order valence-electron chi connectivity index (χ3n) is 3.86. The number of nitrogens with two attached hydrogens (primary N) is 1. The van der Waals surface area contributed by atoms with Crippen molar-refractivity contribution in [1.82, 2.24) is 0 Å². The first-order valence-corrected chi connectivity index (χ1v) is 7.28. The summed E-state index contributed by atoms with van der Waals surface area (Å²) in [6, 6.07) is 6.19. The molecule has 0 spiro atoms. The van der Waals surface area contributed by atoms with Crippen LogP contribution in [0.5, 0.6) is 0 Å². The van der Waals surface area contributed by atoms with Gasteiger partial charge in [-0.3, -0.25) is 0 Å². The number of methoxy groups -OCH3 is 1. The molecule has 0 saturated carbocycles. The molecule has 3 nitrogen and oxygen atoms in total. The summed E-state index contributed by atoms with van der Waals surface area (Å²) in [6.45, 7) is 4.93. The fraction of sp³-hybridized carbons (Fsp3) is 0.600. The number of ether oxygens (including phenoxy) is 1. The van der Waals surface area contributed by atoms with E-state index in [-0.39, 0.29) is 6.04 Å². The molecule has 2 rings (SSSR count). The van der Waals surface area contributed by atoms with Crippen molar-refractivity contribution in [3.05, 3.63) is 28.8 Å². The molecule has 4 heteroatoms. The number of piperidine rings is 1. The Labute approximate surface area is 120 Å². The van der Waals surface area contributed by atoms with E-state index < -0.39 is 0 Å². The Kier molecular flexibility index (Phi) is 5.08. The summed E-state index contributed by atoms with van der Waals surface area (Å²) in [5, 5.41) is 0.806. The fourth-order valence-electron chi connectivity index (χ4n) is 2.64. The predicted molar refractivity (Wildman–Crippen MR) is 80.9 cm³/mol. The summed E-state index contributed by atoms with van der Waals surface area (Å²) in [6.07, 6.45) is 2.33. The van der Waals surface area contributed by atoms with Gasteiger partial charge in [-0.15, -0.1) is 0 Å². The summed E-state index contributed by atoms with van der Waals surface area (Å²) in [5.41, 5.74) is 8.09. The number of rotatable bonds is 4. The van der Waals surface area contributed by atoms with Crippen LogP contribution in [0.15, 0.2) is 18.2 Å². The molecule has 0 bridgehead atoms. The third kappa shape index (κ3) is 3.62. The molecule has 19 heavy (non-hydrogen) atoms. The molecule has 0 radical (unpaired) electrons. The maximum Gasteiger partial charge on any atom is 0.0642 e. The van der Waals surface area contributed by atoms with E-state index in [1.54, 1.807) is 7.11 Å². The van der Waals surface area contributed by atoms with Gasteiger partial charge in [-0.25, -0.2) is 0 Å². The Morgan fingerprint density at radius 2 is 2.11 bits per heavy atom. The van der Waals surface area contributed by atoms with E-state index in [9.17, 15) is 0 Å². The van der Waals surface area contributed by atoms with Crippen LogP contribution in [0.2, 0.25) is 5.02 Å². The lowest BCUT2D eigenvalue weighted by atomic mass is 9.97. The number of anilines is 1. The number of benzene rings is 1. The van der Waals surface area contributed by atoms with Crippen molar-refractivity contribution >= 4 is 17.3 Å². The highest BCUT2D eigenvalue weighted by atomic mass is 35.5. The topological polar surface area (TPSA) is 38.5 Å². The average molecular weight is 283 g/mol. The summed E-state index contributed by atoms with van der Waals surface area (Å²) in [7, 11) is 1.77. The third-order valence-corrected chi connectivity index (χ3v) is 4.16. The largest absolute Gasteiger partial charge is 0.384 e. The Morgan fingerprint density at radius 1 is 1.42 bits per heavy atom. The second kappa shape index (κ2) is 6.60. The van der Waals surface area contributed by atoms with Gasteiger partial charge >= 0.3 is 0 Å². The Morgan fingerprint density at radius 3 is 2.63 bits per heavy atom. The molecule has 1 heterocycles. The highest BCUT2D eigenvalue weighted by Crippen LogP contribution is 2.31. The average Bonchev–Trinajstić information content (AvgIpc) is 2.40. The number of hydrogen-bond donors (Lipinski definition) is 1. The van der Waals surface area contributed by atoms with Crippen LogP contribution in [0.1, 0.15) is 31.4 Å². The molecule has 1 saturated heterocycles. The molecule has 1 aromatic carbocycles. The minimum atomic E-state index is 0.0268. The van der Waals surface area contributed by atoms with E-state index in [0.29, 0.717) is 5.92 Å². The van der Waals surface area contributed by atoms with Gasteiger partial charge in [-0.2, -0.15) is 0 Å². The van der Waals surface area contributed by atoms with Crippen molar-refractivity contribution in [2.24, 2.45) is 11.7 Å². The van der Waals surface area contributed by atoms with Gasteiger partial charge in [0.1, 0.15) is 0 Å². The van der Waals surface area contributed by atoms with Crippen molar-refractivity contribution in [2.75, 3.05) is 31.7 Å². The lowest BCUT2D eigenvalue weighted by molar-refractivity contribution is 0.139. The standard InChI is InChI=1S/C15H23ClN2O/c1-11(17)13-3-4-15(14(16)9-13)18-7-5-12(6-8-18)10-19-2/h3-4,9,11-12H,5-8,10,17H2,1-2H3/t11-/m1/s1. The summed E-state index contributed by atoms with van der Waals surface area (Å²) >= 11 is 6.38. The Balaban J connectivity index is 2.03. The molecule has 0 aromatic heterocycles. The van der Waals surface area contributed by atoms with Crippen LogP contribution in [0.25, 0.3) is 0 Å². The normalized spacial score (nSPS) is 18.6. The molecule has 1 fully saturated rings. The van der Waals surface area contributed by atoms with Crippen LogP contribution < -0.4 is 10.6 Å². The van der Waals surface area contributed by atoms with Crippen LogP contribution in [0.4, 0.5) is 5.69 Å². The van der Waals surface area contributed by atoms with Crippen molar-refractivity contribution in [2.45, 2.75) is 25.8 Å². The van der Waals surface area contributed by atoms with E-state index in [1.165, 1.54) is 12.8 Å². The van der Waals surface area contributed by atoms with E-state index >= 15 is 0 Å². The van der Waals surface area contributed by atoms with Crippen molar-refractivity contribution < 1.29 is 4.74 Å². The molecule has 2 N–H and O–H groups in total. The number of hydrogen-bond acceptors (Lipinski definition) is 3. The molecular weight excluding hydrogens is 260 g/mol. The van der Waals surface area contributed by atoms with Gasteiger partial charge in [0.25, 0.3) is 0 Å². The molecule has 1 atom stereocenters. The molecular formula is C15H23ClN2O. The van der Waals surface area contributed by atoms with Crippen LogP contribution in [0.3, 0.4) is 0 Å². The lowest BCUT2D eigenvalue weighted by Crippen LogP contribution is -2.35. The van der Waals surface area contributed by atoms with Gasteiger partial charge < -0.3 is 15.4 Å². The van der Waals surface area contributed by atoms with E-state index in [1.807, 2.05) is 13.0 Å². The van der Waals surface area contributed by atoms with Crippen molar-refractivity contribution in [1.29, 1.82) is 0 Å². The first-order chi connectivity index (χ1) is 9.11. The summed E-state index contributed by atoms with van der Waals surface area (Å²) < 4.78 is 5.23. The van der Waals surface area contributed by atoms with Crippen LogP contribution in [-0.4, -0.2) is 26.8 Å². The molecule has 0 unspecified atom stereocenters. The van der Waals surface area contributed by atoms with Crippen LogP contribution in [0, 0.1) is 5.92 Å². The first-order valence-electron chi connectivity index (χ1n) is 6.90. The van der Waals surface area contributed by atoms with Gasteiger partial charge in [0.05, 0.1) is 10.7 Å². The minimum Gasteiger partial charge on any atom is -0.384 e. The molecule has 0 aliphatic carbocycles. The maximum atomic E-state index is 6.38. The fourth-order valence-corrected chi connectivity index (χ4v) is 2.95. The van der Waals surface area contributed by atoms with Crippen molar-refractivity contribution in [3.8, 4) is 0 Å². The Hall–Kier alpha value is -0.770. The molecule has 1 aliphatic rings. The van der Waals surface area contributed by atoms with Crippen LogP contribution >= 0.6 is 11.6 Å². The smallest absolute Gasteiger partial charge is 0.0642 e. The summed E-state index contributed by atoms with van der Waals surface area (Å²) in [5.74, 6) is 0.684. The van der Waals surface area contributed by atoms with Gasteiger partial charge in [0.15, 0.2) is 0 Å². The maximum absolute atomic E-state index is 6.38. The van der Waals surface area contributed by atoms with Gasteiger partial charge in [-0.05, 0) is 43.4 Å². The van der Waals surface area contributed by atoms with E-state index in [0.717, 1.165) is 36.0 Å². The second-order valence-electron chi connectivity index (χ2n) is 5.39. The van der Waals surface area contributed by atoms with Crippen LogP contribution in [-0.2, 0) is 4.74 Å². The zero-order chi connectivity index (χ0) is 13.8. The summed E-state index contributed by atoms with van der Waals surface area (Å²) in [4.78, 5) is 2.36. The predicted octanol–water partition coefficient (Wildman–Crippen LogP) is 3.22. The van der Waals surface area contributed by atoms with E-state index in [2.05, 4.69) is 17.0 Å². The second-order valence-corrected chi connectivity index (χ2v) is 5.79. The van der Waals surface area contributed by atoms with Crippen molar-refractivity contribution in [3.63, 3.8) is 0 Å². The number of halogens is 1. The SMILES string of the molecule is COCC1CCN(c2ccc([C@@H](C)N)cc2Cl)CC1. The highest BCUT2D eigenvalue weighted by molar-refractivity contribution is 6.33. The lowest BCUT2D eigenvalue weighted by Gasteiger charge is -2.34. The first kappa shape index (κ1) is 14.6. The zero-order valence-electron chi connectivity index (χ0n) is 11.7. The van der Waals surface area contributed by atoms with E-state index in [4.69, 9.17) is 22.1 Å². The molecule has 1 aliphatic heterocycles. The van der Waals surface area contributed by atoms with Gasteiger partial charge in [-0.1, -0.05) is 17.7 Å². The Bertz CT molecular complexity index is 415. The molecule has 1 aromatic rings.